The SMILES string of the molecule is CCC1Cc2cc(OCCCOC)c(OC)cc2-c2cc(=O)c(C(=O)NC(N)=NN=N)cn21. The molecular formula is C22H28N6O5. The van der Waals surface area contributed by atoms with Gasteiger partial charge in [-0.05, 0) is 35.8 Å². The van der Waals surface area contributed by atoms with Crippen LogP contribution in [-0.2, 0) is 11.2 Å². The van der Waals surface area contributed by atoms with Gasteiger partial charge in [0.1, 0.15) is 5.56 Å². The number of nitrogens with zero attached hydrogens (tertiary/aromatic N) is 3. The Kier molecular flexibility index (Phi) is 7.78. The molecule has 176 valence electrons. The number of ether oxygens (including phenoxy) is 3. The van der Waals surface area contributed by atoms with Crippen molar-refractivity contribution in [3.8, 4) is 22.8 Å². The molecule has 11 nitrogen and oxygen atoms in total. The molecule has 11 heteroatoms. The predicted molar refractivity (Wildman–Crippen MR) is 122 cm³/mol. The van der Waals surface area contributed by atoms with E-state index in [-0.39, 0.29) is 17.6 Å². The predicted octanol–water partition coefficient (Wildman–Crippen LogP) is 2.44. The smallest absolute Gasteiger partial charge is 0.263 e. The first-order chi connectivity index (χ1) is 15.9. The van der Waals surface area contributed by atoms with Crippen LogP contribution in [0, 0.1) is 5.53 Å². The van der Waals surface area contributed by atoms with E-state index >= 15 is 0 Å². The number of nitrogens with one attached hydrogen (secondary N) is 2. The van der Waals surface area contributed by atoms with Crippen LogP contribution in [0.25, 0.3) is 11.3 Å². The lowest BCUT2D eigenvalue weighted by Crippen LogP contribution is -2.39. The van der Waals surface area contributed by atoms with Crippen molar-refractivity contribution in [3.05, 3.63) is 45.7 Å². The zero-order valence-corrected chi connectivity index (χ0v) is 18.9. The van der Waals surface area contributed by atoms with E-state index < -0.39 is 11.3 Å². The van der Waals surface area contributed by atoms with Gasteiger partial charge in [0, 0.05) is 44.0 Å². The van der Waals surface area contributed by atoms with Crippen molar-refractivity contribution in [2.75, 3.05) is 27.4 Å². The molecule has 0 radical (unpaired) electrons. The highest BCUT2D eigenvalue weighted by molar-refractivity contribution is 6.05. The van der Waals surface area contributed by atoms with Gasteiger partial charge in [0.15, 0.2) is 16.9 Å². The maximum Gasteiger partial charge on any atom is 0.263 e. The van der Waals surface area contributed by atoms with Gasteiger partial charge in [0.25, 0.3) is 5.91 Å². The number of hydrogen-bond donors (Lipinski definition) is 3. The minimum absolute atomic E-state index is 0.0312. The molecule has 4 N–H and O–H groups in total. The quantitative estimate of drug-likeness (QED) is 0.173. The monoisotopic (exact) mass is 456 g/mol. The second-order valence-electron chi connectivity index (χ2n) is 7.50. The van der Waals surface area contributed by atoms with E-state index in [4.69, 9.17) is 25.5 Å². The number of carbonyl (C=O) groups excluding carboxylic acids is 1. The molecule has 0 aliphatic carbocycles. The lowest BCUT2D eigenvalue weighted by atomic mass is 9.90. The van der Waals surface area contributed by atoms with E-state index in [2.05, 4.69) is 15.6 Å². The van der Waals surface area contributed by atoms with Crippen LogP contribution < -0.4 is 26.0 Å². The van der Waals surface area contributed by atoms with Crippen LogP contribution in [0.3, 0.4) is 0 Å². The summed E-state index contributed by atoms with van der Waals surface area (Å²) in [5, 5.41) is 8.27. The van der Waals surface area contributed by atoms with Crippen LogP contribution in [0.1, 0.15) is 41.7 Å². The number of pyridine rings is 1. The van der Waals surface area contributed by atoms with Crippen molar-refractivity contribution in [1.29, 1.82) is 5.53 Å². The molecular weight excluding hydrogens is 428 g/mol. The molecule has 3 rings (SSSR count). The van der Waals surface area contributed by atoms with Crippen LogP contribution in [0.4, 0.5) is 0 Å². The molecule has 1 atom stereocenters. The largest absolute Gasteiger partial charge is 0.493 e. The van der Waals surface area contributed by atoms with Gasteiger partial charge in [-0.15, -0.1) is 0 Å². The Hall–Kier alpha value is -3.73. The fraction of sp³-hybridized carbons (Fsp3) is 0.409. The van der Waals surface area contributed by atoms with Crippen molar-refractivity contribution < 1.29 is 19.0 Å². The minimum Gasteiger partial charge on any atom is -0.493 e. The number of fused-ring (bicyclic) bond motifs is 3. The highest BCUT2D eigenvalue weighted by Gasteiger charge is 2.27. The van der Waals surface area contributed by atoms with Crippen LogP contribution >= 0.6 is 0 Å². The van der Waals surface area contributed by atoms with E-state index in [1.807, 2.05) is 23.6 Å². The summed E-state index contributed by atoms with van der Waals surface area (Å²) in [5.74, 6) is 0.129. The lowest BCUT2D eigenvalue weighted by Gasteiger charge is -2.31. The summed E-state index contributed by atoms with van der Waals surface area (Å²) in [6, 6.07) is 5.29. The van der Waals surface area contributed by atoms with Gasteiger partial charge in [0.2, 0.25) is 5.96 Å². The van der Waals surface area contributed by atoms with Gasteiger partial charge in [0.05, 0.1) is 19.4 Å². The van der Waals surface area contributed by atoms with Gasteiger partial charge in [-0.2, -0.15) is 5.53 Å². The second kappa shape index (κ2) is 10.7. The molecule has 1 aliphatic heterocycles. The summed E-state index contributed by atoms with van der Waals surface area (Å²) in [6.07, 6.45) is 3.77. The Morgan fingerprint density at radius 3 is 2.73 bits per heavy atom. The fourth-order valence-corrected chi connectivity index (χ4v) is 3.86. The molecule has 2 aromatic rings. The minimum atomic E-state index is -0.710. The zero-order valence-electron chi connectivity index (χ0n) is 18.9. The summed E-state index contributed by atoms with van der Waals surface area (Å²) < 4.78 is 18.4. The molecule has 1 amide bonds. The van der Waals surface area contributed by atoms with E-state index in [1.54, 1.807) is 14.2 Å². The molecule has 33 heavy (non-hydrogen) atoms. The first kappa shape index (κ1) is 23.9. The molecule has 0 saturated heterocycles. The Bertz CT molecular complexity index is 1130. The van der Waals surface area contributed by atoms with Gasteiger partial charge in [-0.1, -0.05) is 12.0 Å². The highest BCUT2D eigenvalue weighted by Crippen LogP contribution is 2.41. The zero-order chi connectivity index (χ0) is 24.0. The van der Waals surface area contributed by atoms with Crippen LogP contribution in [-0.4, -0.2) is 43.9 Å². The highest BCUT2D eigenvalue weighted by atomic mass is 16.5. The van der Waals surface area contributed by atoms with Crippen molar-refractivity contribution >= 4 is 11.9 Å². The normalized spacial score (nSPS) is 14.8. The molecule has 0 bridgehead atoms. The number of methoxy groups -OCH3 is 2. The molecule has 1 aromatic carbocycles. The average Bonchev–Trinajstić information content (AvgIpc) is 2.80. The van der Waals surface area contributed by atoms with Crippen LogP contribution in [0.5, 0.6) is 11.5 Å². The second-order valence-corrected chi connectivity index (χ2v) is 7.50. The van der Waals surface area contributed by atoms with Crippen LogP contribution in [0.2, 0.25) is 0 Å². The molecule has 0 fully saturated rings. The first-order valence-electron chi connectivity index (χ1n) is 10.5. The van der Waals surface area contributed by atoms with E-state index in [0.29, 0.717) is 36.8 Å². The number of hydrogen-bond acceptors (Lipinski definition) is 7. The average molecular weight is 457 g/mol. The Labute approximate surface area is 191 Å². The summed E-state index contributed by atoms with van der Waals surface area (Å²) in [6.45, 7) is 3.14. The van der Waals surface area contributed by atoms with Gasteiger partial charge < -0.3 is 24.5 Å². The number of aromatic nitrogens is 1. The third kappa shape index (κ3) is 5.20. The number of benzene rings is 1. The van der Waals surface area contributed by atoms with Gasteiger partial charge in [-0.25, -0.2) is 0 Å². The summed E-state index contributed by atoms with van der Waals surface area (Å²) in [4.78, 5) is 25.4. The molecule has 2 heterocycles. The Balaban J connectivity index is 2.02. The maximum atomic E-state index is 12.8. The molecule has 0 spiro atoms. The lowest BCUT2D eigenvalue weighted by molar-refractivity contribution is 0.0974. The summed E-state index contributed by atoms with van der Waals surface area (Å²) in [5.41, 5.74) is 14.2. The van der Waals surface area contributed by atoms with Crippen molar-refractivity contribution in [3.63, 3.8) is 0 Å². The maximum absolute atomic E-state index is 12.8. The molecule has 0 saturated carbocycles. The third-order valence-corrected chi connectivity index (χ3v) is 5.46. The number of rotatable bonds is 9. The van der Waals surface area contributed by atoms with Crippen LogP contribution in [0.15, 0.2) is 39.5 Å². The summed E-state index contributed by atoms with van der Waals surface area (Å²) in [7, 11) is 3.21. The Morgan fingerprint density at radius 1 is 1.27 bits per heavy atom. The van der Waals surface area contributed by atoms with Crippen molar-refractivity contribution in [2.45, 2.75) is 32.2 Å². The molecule has 1 unspecified atom stereocenters. The number of carbonyl (C=O) groups is 1. The Morgan fingerprint density at radius 2 is 2.06 bits per heavy atom. The number of amides is 1. The van der Waals surface area contributed by atoms with Gasteiger partial charge in [-0.3, -0.25) is 14.9 Å². The first-order valence-corrected chi connectivity index (χ1v) is 10.5. The number of guanidine groups is 1. The van der Waals surface area contributed by atoms with Crippen molar-refractivity contribution in [1.82, 2.24) is 9.88 Å². The fourth-order valence-electron chi connectivity index (χ4n) is 3.86. The third-order valence-electron chi connectivity index (χ3n) is 5.46. The van der Waals surface area contributed by atoms with Gasteiger partial charge >= 0.3 is 0 Å². The summed E-state index contributed by atoms with van der Waals surface area (Å²) >= 11 is 0. The molecule has 1 aromatic heterocycles. The van der Waals surface area contributed by atoms with E-state index in [1.165, 1.54) is 12.3 Å². The molecule has 1 aliphatic rings. The van der Waals surface area contributed by atoms with E-state index in [9.17, 15) is 9.59 Å². The standard InChI is InChI=1S/C22H28N6O5/c1-4-14-8-13-9-20(33-7-5-6-31-2)19(32-3)10-15(13)17-11-18(29)16(12-28(14)17)21(30)25-22(23)26-27-24/h9-12,14H,4-8H2,1-3H3,(H4,23,24,25,26,30). The van der Waals surface area contributed by atoms with Crippen molar-refractivity contribution in [2.24, 2.45) is 16.1 Å². The number of nitrogens with two attached hydrogens (primary N) is 1. The van der Waals surface area contributed by atoms with E-state index in [0.717, 1.165) is 24.0 Å². The topological polar surface area (TPSA) is 153 Å².